The van der Waals surface area contributed by atoms with Gasteiger partial charge in [0.05, 0.1) is 11.5 Å². The first kappa shape index (κ1) is 17.3. The Hall–Kier alpha value is -3.09. The van der Waals surface area contributed by atoms with Crippen molar-refractivity contribution in [3.05, 3.63) is 58.6 Å². The van der Waals surface area contributed by atoms with Crippen LogP contribution in [0.1, 0.15) is 13.8 Å². The zero-order valence-electron chi connectivity index (χ0n) is 13.4. The van der Waals surface area contributed by atoms with E-state index in [1.54, 1.807) is 37.3 Å². The van der Waals surface area contributed by atoms with Crippen LogP contribution in [0.4, 0.5) is 11.4 Å². The summed E-state index contributed by atoms with van der Waals surface area (Å²) in [6.45, 7) is 4.07. The molecule has 7 heteroatoms. The molecular weight excluding hydrogens is 312 g/mol. The number of nitrogens with one attached hydrogen (secondary N) is 1. The highest BCUT2D eigenvalue weighted by Crippen LogP contribution is 2.20. The molecular formula is C17H18N2O5. The number of non-ortho nitro benzene ring substituents is 1. The number of nitro benzene ring substituents is 1. The third-order valence-electron chi connectivity index (χ3n) is 3.14. The van der Waals surface area contributed by atoms with Gasteiger partial charge in [-0.2, -0.15) is 0 Å². The summed E-state index contributed by atoms with van der Waals surface area (Å²) in [7, 11) is 0. The van der Waals surface area contributed by atoms with Crippen LogP contribution in [-0.2, 0) is 4.79 Å². The molecule has 0 heterocycles. The summed E-state index contributed by atoms with van der Waals surface area (Å²) in [4.78, 5) is 22.4. The number of ether oxygens (including phenoxy) is 2. The van der Waals surface area contributed by atoms with Crippen LogP contribution in [-0.4, -0.2) is 23.5 Å². The monoisotopic (exact) mass is 330 g/mol. The van der Waals surface area contributed by atoms with Crippen molar-refractivity contribution in [3.63, 3.8) is 0 Å². The minimum absolute atomic E-state index is 0.0899. The van der Waals surface area contributed by atoms with Crippen LogP contribution in [0.2, 0.25) is 0 Å². The molecule has 0 aliphatic carbocycles. The van der Waals surface area contributed by atoms with Gasteiger partial charge in [-0.1, -0.05) is 6.07 Å². The molecule has 24 heavy (non-hydrogen) atoms. The molecule has 0 aromatic heterocycles. The topological polar surface area (TPSA) is 90.7 Å². The molecule has 1 amide bonds. The maximum absolute atomic E-state index is 12.1. The Morgan fingerprint density at radius 2 is 1.88 bits per heavy atom. The molecule has 0 spiro atoms. The van der Waals surface area contributed by atoms with Gasteiger partial charge in [0, 0.05) is 17.8 Å². The first-order chi connectivity index (χ1) is 11.5. The SMILES string of the molecule is CCOc1ccc(OC(C)C(=O)Nc2cccc([N+](=O)[O-])c2)cc1. The quantitative estimate of drug-likeness (QED) is 0.620. The molecule has 2 aromatic carbocycles. The molecule has 0 saturated carbocycles. The van der Waals surface area contributed by atoms with Gasteiger partial charge < -0.3 is 14.8 Å². The van der Waals surface area contributed by atoms with E-state index in [2.05, 4.69) is 5.32 Å². The molecule has 1 unspecified atom stereocenters. The average Bonchev–Trinajstić information content (AvgIpc) is 2.57. The summed E-state index contributed by atoms with van der Waals surface area (Å²) < 4.78 is 10.9. The highest BCUT2D eigenvalue weighted by Gasteiger charge is 2.16. The smallest absolute Gasteiger partial charge is 0.271 e. The van der Waals surface area contributed by atoms with Crippen LogP contribution in [0.15, 0.2) is 48.5 Å². The lowest BCUT2D eigenvalue weighted by atomic mass is 10.2. The number of anilines is 1. The van der Waals surface area contributed by atoms with Crippen LogP contribution in [0.5, 0.6) is 11.5 Å². The first-order valence-electron chi connectivity index (χ1n) is 7.44. The van der Waals surface area contributed by atoms with Crippen molar-refractivity contribution in [1.82, 2.24) is 0 Å². The molecule has 0 aliphatic rings. The van der Waals surface area contributed by atoms with Gasteiger partial charge in [0.1, 0.15) is 11.5 Å². The highest BCUT2D eigenvalue weighted by molar-refractivity contribution is 5.94. The second-order valence-electron chi connectivity index (χ2n) is 4.96. The standard InChI is InChI=1S/C17H18N2O5/c1-3-23-15-7-9-16(10-8-15)24-12(2)17(20)18-13-5-4-6-14(11-13)19(21)22/h4-12H,3H2,1-2H3,(H,18,20). The van der Waals surface area contributed by atoms with Crippen molar-refractivity contribution in [1.29, 1.82) is 0 Å². The fourth-order valence-electron chi connectivity index (χ4n) is 1.98. The van der Waals surface area contributed by atoms with Crippen LogP contribution < -0.4 is 14.8 Å². The zero-order valence-corrected chi connectivity index (χ0v) is 13.4. The number of amides is 1. The number of nitrogens with zero attached hydrogens (tertiary/aromatic N) is 1. The predicted molar refractivity (Wildman–Crippen MR) is 89.4 cm³/mol. The van der Waals surface area contributed by atoms with Crippen LogP contribution in [0.25, 0.3) is 0 Å². The predicted octanol–water partition coefficient (Wildman–Crippen LogP) is 3.40. The van der Waals surface area contributed by atoms with Gasteiger partial charge in [-0.05, 0) is 44.2 Å². The van der Waals surface area contributed by atoms with E-state index in [4.69, 9.17) is 9.47 Å². The third-order valence-corrected chi connectivity index (χ3v) is 3.14. The van der Waals surface area contributed by atoms with Gasteiger partial charge >= 0.3 is 0 Å². The van der Waals surface area contributed by atoms with E-state index in [1.165, 1.54) is 18.2 Å². The Bertz CT molecular complexity index is 715. The Kier molecular flexibility index (Phi) is 5.73. The molecule has 1 N–H and O–H groups in total. The van der Waals surface area contributed by atoms with E-state index < -0.39 is 16.9 Å². The van der Waals surface area contributed by atoms with Crippen LogP contribution in [0.3, 0.4) is 0 Å². The maximum atomic E-state index is 12.1. The van der Waals surface area contributed by atoms with Crippen molar-refractivity contribution in [2.45, 2.75) is 20.0 Å². The first-order valence-corrected chi connectivity index (χ1v) is 7.44. The lowest BCUT2D eigenvalue weighted by Crippen LogP contribution is -2.30. The summed E-state index contributed by atoms with van der Waals surface area (Å²) >= 11 is 0. The van der Waals surface area contributed by atoms with E-state index in [9.17, 15) is 14.9 Å². The molecule has 0 bridgehead atoms. The summed E-state index contributed by atoms with van der Waals surface area (Å²) in [6.07, 6.45) is -0.762. The summed E-state index contributed by atoms with van der Waals surface area (Å²) in [5, 5.41) is 13.3. The summed E-state index contributed by atoms with van der Waals surface area (Å²) in [5.41, 5.74) is 0.254. The van der Waals surface area contributed by atoms with Gasteiger partial charge in [-0.3, -0.25) is 14.9 Å². The van der Waals surface area contributed by atoms with E-state index in [0.29, 0.717) is 18.0 Å². The Morgan fingerprint density at radius 3 is 2.50 bits per heavy atom. The number of benzene rings is 2. The third kappa shape index (κ3) is 4.70. The molecule has 2 aromatic rings. The van der Waals surface area contributed by atoms with Crippen molar-refractivity contribution < 1.29 is 19.2 Å². The van der Waals surface area contributed by atoms with Crippen LogP contribution in [0, 0.1) is 10.1 Å². The van der Waals surface area contributed by atoms with Crippen molar-refractivity contribution in [3.8, 4) is 11.5 Å². The van der Waals surface area contributed by atoms with Gasteiger partial charge in [0.2, 0.25) is 0 Å². The number of nitro groups is 1. The number of carbonyl (C=O) groups is 1. The van der Waals surface area contributed by atoms with Crippen LogP contribution >= 0.6 is 0 Å². The second kappa shape index (κ2) is 7.96. The summed E-state index contributed by atoms with van der Waals surface area (Å²) in [5.74, 6) is 0.850. The van der Waals surface area contributed by atoms with Gasteiger partial charge in [-0.15, -0.1) is 0 Å². The average molecular weight is 330 g/mol. The lowest BCUT2D eigenvalue weighted by Gasteiger charge is -2.15. The lowest BCUT2D eigenvalue weighted by molar-refractivity contribution is -0.384. The molecule has 7 nitrogen and oxygen atoms in total. The normalized spacial score (nSPS) is 11.4. The number of hydrogen-bond donors (Lipinski definition) is 1. The van der Waals surface area contributed by atoms with E-state index in [-0.39, 0.29) is 5.69 Å². The van der Waals surface area contributed by atoms with Gasteiger partial charge in [-0.25, -0.2) is 0 Å². The minimum atomic E-state index is -0.762. The maximum Gasteiger partial charge on any atom is 0.271 e. The molecule has 0 radical (unpaired) electrons. The van der Waals surface area contributed by atoms with Gasteiger partial charge in [0.15, 0.2) is 6.10 Å². The minimum Gasteiger partial charge on any atom is -0.494 e. The second-order valence-corrected chi connectivity index (χ2v) is 4.96. The van der Waals surface area contributed by atoms with E-state index in [0.717, 1.165) is 5.75 Å². The summed E-state index contributed by atoms with van der Waals surface area (Å²) in [6, 6.07) is 12.7. The molecule has 0 aliphatic heterocycles. The highest BCUT2D eigenvalue weighted by atomic mass is 16.6. The Morgan fingerprint density at radius 1 is 1.21 bits per heavy atom. The van der Waals surface area contributed by atoms with Gasteiger partial charge in [0.25, 0.3) is 11.6 Å². The van der Waals surface area contributed by atoms with Crippen molar-refractivity contribution in [2.24, 2.45) is 0 Å². The van der Waals surface area contributed by atoms with E-state index >= 15 is 0 Å². The molecule has 1 atom stereocenters. The molecule has 2 rings (SSSR count). The number of carbonyl (C=O) groups excluding carboxylic acids is 1. The fourth-order valence-corrected chi connectivity index (χ4v) is 1.98. The molecule has 0 saturated heterocycles. The molecule has 0 fully saturated rings. The molecule has 126 valence electrons. The van der Waals surface area contributed by atoms with E-state index in [1.807, 2.05) is 6.92 Å². The number of rotatable bonds is 7. The zero-order chi connectivity index (χ0) is 17.5. The fraction of sp³-hybridized carbons (Fsp3) is 0.235. The van der Waals surface area contributed by atoms with Crippen molar-refractivity contribution in [2.75, 3.05) is 11.9 Å². The Labute approximate surface area is 139 Å². The Balaban J connectivity index is 1.96. The largest absolute Gasteiger partial charge is 0.494 e. The number of hydrogen-bond acceptors (Lipinski definition) is 5. The van der Waals surface area contributed by atoms with Crippen molar-refractivity contribution >= 4 is 17.3 Å².